The summed E-state index contributed by atoms with van der Waals surface area (Å²) in [4.78, 5) is 25.2. The fraction of sp³-hybridized carbons (Fsp3) is 0.500. The Balaban J connectivity index is 1.87. The minimum absolute atomic E-state index is 0.0191. The standard InChI is InChI=1S/C28H26F9NO6S/c29-12-10-16(2-1-3-23(39)40)24(41)38-13-11-25(45(42,43)19-7-5-18(30)6-8-19)20-9-4-17(14-21(20)44-15-22(25)38)26(31,27(32,33)34)28(35,36)37/h4-9,14,16,22H,1-3,10-13,15H2,(H,39,40)/t16-,22?,25?/m0/s1. The van der Waals surface area contributed by atoms with Gasteiger partial charge < -0.3 is 14.7 Å². The van der Waals surface area contributed by atoms with E-state index in [2.05, 4.69) is 0 Å². The van der Waals surface area contributed by atoms with Gasteiger partial charge in [0, 0.05) is 30.0 Å². The van der Waals surface area contributed by atoms with Crippen molar-refractivity contribution in [2.75, 3.05) is 19.8 Å². The molecule has 248 valence electrons. The SMILES string of the molecule is O=C(O)CCC[C@@H](CCF)C(=O)N1CCC2(S(=O)(=O)c3ccc(F)cc3)c3ccc(C(F)(C(F)(F)F)C(F)(F)F)cc3OCC12. The number of hydrogen-bond donors (Lipinski definition) is 1. The van der Waals surface area contributed by atoms with Crippen LogP contribution < -0.4 is 4.74 Å². The monoisotopic (exact) mass is 675 g/mol. The average Bonchev–Trinajstić information content (AvgIpc) is 3.36. The van der Waals surface area contributed by atoms with E-state index in [-0.39, 0.29) is 44.4 Å². The zero-order valence-corrected chi connectivity index (χ0v) is 23.9. The number of carbonyl (C=O) groups excluding carboxylic acids is 1. The van der Waals surface area contributed by atoms with Gasteiger partial charge in [-0.15, -0.1) is 0 Å². The number of nitrogens with zero attached hydrogens (tertiary/aromatic N) is 1. The first-order chi connectivity index (χ1) is 20.8. The van der Waals surface area contributed by atoms with Crippen LogP contribution in [0.25, 0.3) is 0 Å². The molecule has 7 nitrogen and oxygen atoms in total. The predicted molar refractivity (Wildman–Crippen MR) is 138 cm³/mol. The second kappa shape index (κ2) is 12.0. The minimum Gasteiger partial charge on any atom is -0.491 e. The number of amides is 1. The Morgan fingerprint density at radius 1 is 1.00 bits per heavy atom. The third-order valence-corrected chi connectivity index (χ3v) is 10.8. The molecule has 1 N–H and O–H groups in total. The Labute approximate surface area is 250 Å². The van der Waals surface area contributed by atoms with E-state index in [1.165, 1.54) is 0 Å². The van der Waals surface area contributed by atoms with E-state index in [4.69, 9.17) is 9.84 Å². The summed E-state index contributed by atoms with van der Waals surface area (Å²) >= 11 is 0. The molecule has 1 saturated heterocycles. The molecule has 1 amide bonds. The van der Waals surface area contributed by atoms with Crippen LogP contribution in [-0.2, 0) is 29.8 Å². The van der Waals surface area contributed by atoms with Crippen LogP contribution in [0.1, 0.15) is 43.2 Å². The van der Waals surface area contributed by atoms with Crippen molar-refractivity contribution in [2.45, 2.75) is 65.8 Å². The molecule has 0 aromatic heterocycles. The molecule has 2 unspecified atom stereocenters. The van der Waals surface area contributed by atoms with Crippen LogP contribution in [-0.4, -0.2) is 68.5 Å². The molecule has 0 radical (unpaired) electrons. The second-order valence-corrected chi connectivity index (χ2v) is 13.0. The fourth-order valence-electron chi connectivity index (χ4n) is 6.07. The van der Waals surface area contributed by atoms with Crippen molar-refractivity contribution < 1.29 is 67.4 Å². The number of halogens is 9. The molecular formula is C28H26F9NO6S. The highest BCUT2D eigenvalue weighted by molar-refractivity contribution is 7.92. The molecule has 2 aliphatic heterocycles. The molecule has 0 bridgehead atoms. The molecule has 0 saturated carbocycles. The lowest BCUT2D eigenvalue weighted by Crippen LogP contribution is -2.56. The Morgan fingerprint density at radius 3 is 2.18 bits per heavy atom. The number of sulfone groups is 1. The van der Waals surface area contributed by atoms with E-state index in [0.717, 1.165) is 29.2 Å². The largest absolute Gasteiger partial charge is 0.491 e. The molecule has 2 aromatic carbocycles. The maximum Gasteiger partial charge on any atom is 0.435 e. The summed E-state index contributed by atoms with van der Waals surface area (Å²) in [6, 6.07) is 2.79. The maximum atomic E-state index is 14.9. The van der Waals surface area contributed by atoms with Gasteiger partial charge >= 0.3 is 24.0 Å². The van der Waals surface area contributed by atoms with Crippen molar-refractivity contribution in [3.05, 3.63) is 59.4 Å². The van der Waals surface area contributed by atoms with Gasteiger partial charge in [0.05, 0.1) is 17.6 Å². The van der Waals surface area contributed by atoms with Gasteiger partial charge in [-0.25, -0.2) is 17.2 Å². The van der Waals surface area contributed by atoms with Crippen molar-refractivity contribution in [2.24, 2.45) is 5.92 Å². The molecule has 1 fully saturated rings. The quantitative estimate of drug-likeness (QED) is 0.245. The lowest BCUT2D eigenvalue weighted by Gasteiger charge is -2.43. The molecular weight excluding hydrogens is 649 g/mol. The smallest absolute Gasteiger partial charge is 0.435 e. The van der Waals surface area contributed by atoms with Crippen LogP contribution in [0.5, 0.6) is 5.75 Å². The molecule has 2 heterocycles. The highest BCUT2D eigenvalue weighted by Gasteiger charge is 2.74. The summed E-state index contributed by atoms with van der Waals surface area (Å²) in [6.45, 7) is -2.10. The van der Waals surface area contributed by atoms with Crippen molar-refractivity contribution in [1.29, 1.82) is 0 Å². The van der Waals surface area contributed by atoms with Crippen LogP contribution in [0.15, 0.2) is 47.4 Å². The van der Waals surface area contributed by atoms with E-state index >= 15 is 0 Å². The first-order valence-corrected chi connectivity index (χ1v) is 15.0. The summed E-state index contributed by atoms with van der Waals surface area (Å²) < 4.78 is 155. The highest BCUT2D eigenvalue weighted by Crippen LogP contribution is 2.57. The van der Waals surface area contributed by atoms with Gasteiger partial charge in [0.1, 0.15) is 22.9 Å². The lowest BCUT2D eigenvalue weighted by atomic mass is 9.84. The van der Waals surface area contributed by atoms with Gasteiger partial charge in [-0.05, 0) is 56.0 Å². The van der Waals surface area contributed by atoms with Crippen molar-refractivity contribution in [3.8, 4) is 5.75 Å². The Morgan fingerprint density at radius 2 is 1.62 bits per heavy atom. The number of carboxylic acids is 1. The number of fused-ring (bicyclic) bond motifs is 3. The zero-order valence-electron chi connectivity index (χ0n) is 23.1. The number of carboxylic acid groups (broad SMARTS) is 1. The van der Waals surface area contributed by atoms with Gasteiger partial charge in [0.2, 0.25) is 5.91 Å². The molecule has 2 aliphatic rings. The third-order valence-electron chi connectivity index (χ3n) is 8.29. The van der Waals surface area contributed by atoms with Gasteiger partial charge in [-0.2, -0.15) is 26.3 Å². The van der Waals surface area contributed by atoms with Crippen LogP contribution in [0.4, 0.5) is 39.5 Å². The van der Waals surface area contributed by atoms with E-state index in [1.54, 1.807) is 0 Å². The molecule has 3 atom stereocenters. The van der Waals surface area contributed by atoms with Crippen molar-refractivity contribution in [1.82, 2.24) is 4.90 Å². The van der Waals surface area contributed by atoms with E-state index < -0.39 is 104 Å². The van der Waals surface area contributed by atoms with Crippen molar-refractivity contribution in [3.63, 3.8) is 0 Å². The predicted octanol–water partition coefficient (Wildman–Crippen LogP) is 6.01. The highest BCUT2D eigenvalue weighted by atomic mass is 32.2. The number of alkyl halides is 8. The minimum atomic E-state index is -6.46. The van der Waals surface area contributed by atoms with Gasteiger partial charge in [0.25, 0.3) is 0 Å². The molecule has 45 heavy (non-hydrogen) atoms. The van der Waals surface area contributed by atoms with Gasteiger partial charge in [-0.1, -0.05) is 12.1 Å². The zero-order chi connectivity index (χ0) is 33.6. The second-order valence-electron chi connectivity index (χ2n) is 10.8. The normalized spacial score (nSPS) is 21.1. The van der Waals surface area contributed by atoms with Crippen LogP contribution in [0.2, 0.25) is 0 Å². The molecule has 17 heteroatoms. The van der Waals surface area contributed by atoms with Crippen molar-refractivity contribution >= 4 is 21.7 Å². The summed E-state index contributed by atoms with van der Waals surface area (Å²) in [7, 11) is -4.76. The summed E-state index contributed by atoms with van der Waals surface area (Å²) in [5, 5.41) is 8.94. The van der Waals surface area contributed by atoms with E-state index in [1.807, 2.05) is 0 Å². The summed E-state index contributed by atoms with van der Waals surface area (Å²) in [5.41, 5.74) is -8.21. The maximum absolute atomic E-state index is 14.9. The molecule has 0 aliphatic carbocycles. The first kappa shape index (κ1) is 34.4. The van der Waals surface area contributed by atoms with E-state index in [9.17, 15) is 57.5 Å². The topological polar surface area (TPSA) is 101 Å². The molecule has 4 rings (SSSR count). The van der Waals surface area contributed by atoms with E-state index in [0.29, 0.717) is 6.07 Å². The number of ether oxygens (including phenoxy) is 1. The summed E-state index contributed by atoms with van der Waals surface area (Å²) in [5.74, 6) is -4.65. The number of aliphatic carboxylic acids is 1. The number of likely N-dealkylation sites (tertiary alicyclic amines) is 1. The molecule has 2 aromatic rings. The van der Waals surface area contributed by atoms with Gasteiger partial charge in [-0.3, -0.25) is 14.0 Å². The Bertz CT molecular complexity index is 1530. The summed E-state index contributed by atoms with van der Waals surface area (Å²) in [6.07, 6.45) is -14.2. The fourth-order valence-corrected chi connectivity index (χ4v) is 8.35. The Hall–Kier alpha value is -3.50. The number of carbonyl (C=O) groups is 2. The van der Waals surface area contributed by atoms with Crippen LogP contribution >= 0.6 is 0 Å². The van der Waals surface area contributed by atoms with Gasteiger partial charge in [0.15, 0.2) is 9.84 Å². The Kier molecular flexibility index (Phi) is 9.18. The average molecular weight is 676 g/mol. The molecule has 0 spiro atoms. The number of benzene rings is 2. The lowest BCUT2D eigenvalue weighted by molar-refractivity contribution is -0.348. The van der Waals surface area contributed by atoms with Crippen LogP contribution in [0, 0.1) is 11.7 Å². The first-order valence-electron chi connectivity index (χ1n) is 13.5. The number of hydrogen-bond acceptors (Lipinski definition) is 5. The number of rotatable bonds is 10. The van der Waals surface area contributed by atoms with Crippen LogP contribution in [0.3, 0.4) is 0 Å². The third kappa shape index (κ3) is 5.71.